The van der Waals surface area contributed by atoms with Crippen LogP contribution in [-0.4, -0.2) is 31.4 Å². The Hall–Kier alpha value is -3.68. The fourth-order valence-corrected chi connectivity index (χ4v) is 4.88. The first kappa shape index (κ1) is 24.4. The Labute approximate surface area is 211 Å². The Morgan fingerprint density at radius 1 is 1.06 bits per heavy atom. The summed E-state index contributed by atoms with van der Waals surface area (Å²) >= 11 is 13.1. The van der Waals surface area contributed by atoms with Crippen molar-refractivity contribution < 1.29 is 14.7 Å². The molecule has 0 aliphatic carbocycles. The maximum absolute atomic E-state index is 12.3. The molecule has 0 unspecified atom stereocenters. The highest BCUT2D eigenvalue weighted by Gasteiger charge is 2.23. The van der Waals surface area contributed by atoms with Crippen molar-refractivity contribution in [1.29, 1.82) is 0 Å². The maximum Gasteiger partial charge on any atom is 0.335 e. The summed E-state index contributed by atoms with van der Waals surface area (Å²) in [6.45, 7) is 5.10. The number of carboxylic acids is 1. The zero-order valence-corrected chi connectivity index (χ0v) is 20.7. The first-order chi connectivity index (χ1) is 16.6. The predicted molar refractivity (Wildman–Crippen MR) is 138 cm³/mol. The van der Waals surface area contributed by atoms with Crippen molar-refractivity contribution in [2.24, 2.45) is 5.73 Å². The van der Waals surface area contributed by atoms with Crippen molar-refractivity contribution in [1.82, 2.24) is 14.5 Å². The third-order valence-corrected chi connectivity index (χ3v) is 6.39. The molecule has 4 rings (SSSR count). The number of ketones is 1. The van der Waals surface area contributed by atoms with Crippen LogP contribution in [0, 0.1) is 0 Å². The average Bonchev–Trinajstić information content (AvgIpc) is 3.16. The van der Waals surface area contributed by atoms with Crippen molar-refractivity contribution in [2.45, 2.75) is 26.8 Å². The monoisotopic (exact) mass is 508 g/mol. The Bertz CT molecular complexity index is 1480. The fraction of sp³-hybridized carbons (Fsp3) is 0.154. The lowest BCUT2D eigenvalue weighted by Crippen LogP contribution is -2.08. The molecule has 3 heterocycles. The molecule has 0 radical (unpaired) electrons. The minimum absolute atomic E-state index is 0.0197. The molecule has 1 atom stereocenters. The van der Waals surface area contributed by atoms with Gasteiger partial charge in [0.15, 0.2) is 5.78 Å². The second-order valence-electron chi connectivity index (χ2n) is 8.21. The van der Waals surface area contributed by atoms with E-state index in [9.17, 15) is 14.7 Å². The van der Waals surface area contributed by atoms with Gasteiger partial charge in [0.05, 0.1) is 27.3 Å². The lowest BCUT2D eigenvalue weighted by Gasteiger charge is -2.14. The third-order valence-electron chi connectivity index (χ3n) is 5.80. The molecule has 3 aromatic heterocycles. The summed E-state index contributed by atoms with van der Waals surface area (Å²) in [5, 5.41) is 10.4. The Morgan fingerprint density at radius 3 is 2.29 bits per heavy atom. The van der Waals surface area contributed by atoms with Crippen LogP contribution in [0.2, 0.25) is 10.0 Å². The van der Waals surface area contributed by atoms with Crippen molar-refractivity contribution in [3.63, 3.8) is 0 Å². The van der Waals surface area contributed by atoms with Gasteiger partial charge in [0.25, 0.3) is 0 Å². The van der Waals surface area contributed by atoms with Crippen LogP contribution in [0.1, 0.15) is 48.4 Å². The molecule has 35 heavy (non-hydrogen) atoms. The van der Waals surface area contributed by atoms with Crippen LogP contribution >= 0.6 is 23.2 Å². The molecule has 9 heteroatoms. The Kier molecular flexibility index (Phi) is 6.65. The lowest BCUT2D eigenvalue weighted by molar-refractivity contribution is -0.111. The van der Waals surface area contributed by atoms with Gasteiger partial charge in [0.2, 0.25) is 0 Å². The van der Waals surface area contributed by atoms with Crippen molar-refractivity contribution in [3.8, 4) is 11.1 Å². The first-order valence-electron chi connectivity index (χ1n) is 10.7. The molecule has 0 fully saturated rings. The molecule has 7 nitrogen and oxygen atoms in total. The summed E-state index contributed by atoms with van der Waals surface area (Å²) in [6.07, 6.45) is 5.19. The number of carbonyl (C=O) groups excluding carboxylic acids is 1. The van der Waals surface area contributed by atoms with Gasteiger partial charge in [-0.3, -0.25) is 9.78 Å². The van der Waals surface area contributed by atoms with Crippen LogP contribution in [0.3, 0.4) is 0 Å². The van der Waals surface area contributed by atoms with Crippen LogP contribution in [0.15, 0.2) is 60.7 Å². The van der Waals surface area contributed by atoms with Gasteiger partial charge in [-0.2, -0.15) is 0 Å². The number of rotatable bonds is 6. The Morgan fingerprint density at radius 2 is 1.74 bits per heavy atom. The quantitative estimate of drug-likeness (QED) is 0.309. The second-order valence-corrected chi connectivity index (χ2v) is 9.02. The number of aromatic carboxylic acids is 1. The summed E-state index contributed by atoms with van der Waals surface area (Å²) in [4.78, 5) is 32.9. The number of pyridine rings is 2. The topological polar surface area (TPSA) is 111 Å². The van der Waals surface area contributed by atoms with E-state index in [1.807, 2.05) is 42.0 Å². The number of carbonyl (C=O) groups is 2. The van der Waals surface area contributed by atoms with E-state index in [1.165, 1.54) is 19.1 Å². The molecule has 0 aliphatic rings. The van der Waals surface area contributed by atoms with Crippen LogP contribution < -0.4 is 5.73 Å². The number of allylic oxidation sites excluding steroid dienone is 2. The number of nitrogens with two attached hydrogens (primary N) is 1. The number of halogens is 2. The summed E-state index contributed by atoms with van der Waals surface area (Å²) in [7, 11) is 0. The van der Waals surface area contributed by atoms with E-state index < -0.39 is 5.97 Å². The van der Waals surface area contributed by atoms with Gasteiger partial charge in [0.1, 0.15) is 5.65 Å². The maximum atomic E-state index is 12.3. The molecule has 0 saturated carbocycles. The minimum Gasteiger partial charge on any atom is -0.478 e. The van der Waals surface area contributed by atoms with Crippen molar-refractivity contribution >= 4 is 51.6 Å². The molecule has 1 aromatic carbocycles. The summed E-state index contributed by atoms with van der Waals surface area (Å²) in [5.74, 6) is -1.32. The minimum atomic E-state index is -1.13. The van der Waals surface area contributed by atoms with E-state index in [0.29, 0.717) is 39.0 Å². The van der Waals surface area contributed by atoms with Crippen LogP contribution in [-0.2, 0) is 4.79 Å². The largest absolute Gasteiger partial charge is 0.478 e. The highest BCUT2D eigenvalue weighted by molar-refractivity contribution is 6.40. The zero-order chi connectivity index (χ0) is 25.4. The van der Waals surface area contributed by atoms with Crippen molar-refractivity contribution in [2.75, 3.05) is 0 Å². The van der Waals surface area contributed by atoms with E-state index in [2.05, 4.69) is 9.97 Å². The highest BCUT2D eigenvalue weighted by atomic mass is 35.5. The number of Topliss-reactive ketones (excluding diaryl/α,β-unsaturated/α-hetero) is 1. The number of carboxylic acid groups (broad SMARTS) is 1. The third kappa shape index (κ3) is 4.52. The average molecular weight is 509 g/mol. The molecule has 178 valence electrons. The van der Waals surface area contributed by atoms with E-state index in [0.717, 1.165) is 5.69 Å². The predicted octanol–water partition coefficient (Wildman–Crippen LogP) is 5.99. The van der Waals surface area contributed by atoms with Gasteiger partial charge < -0.3 is 15.4 Å². The van der Waals surface area contributed by atoms with Gasteiger partial charge in [0, 0.05) is 51.9 Å². The highest BCUT2D eigenvalue weighted by Crippen LogP contribution is 2.42. The molecule has 0 aliphatic heterocycles. The molecular formula is C26H22Cl2N4O3. The van der Waals surface area contributed by atoms with Gasteiger partial charge in [-0.05, 0) is 51.1 Å². The van der Waals surface area contributed by atoms with Gasteiger partial charge in [-0.25, -0.2) is 9.78 Å². The molecule has 0 spiro atoms. The summed E-state index contributed by atoms with van der Waals surface area (Å²) < 4.78 is 1.95. The van der Waals surface area contributed by atoms with E-state index >= 15 is 0 Å². The number of hydrogen-bond acceptors (Lipinski definition) is 5. The SMILES string of the molecule is CC(=O)C(=C(C)N)c1cnc2c(c1)c(-c1c(Cl)cc(C(=O)O)cc1Cl)cn2[C@@H](C)c1ccccn1. The van der Waals surface area contributed by atoms with Crippen LogP contribution in [0.4, 0.5) is 0 Å². The van der Waals surface area contributed by atoms with E-state index in [1.54, 1.807) is 19.3 Å². The first-order valence-corrected chi connectivity index (χ1v) is 11.5. The molecule has 0 amide bonds. The van der Waals surface area contributed by atoms with E-state index in [-0.39, 0.29) is 27.4 Å². The summed E-state index contributed by atoms with van der Waals surface area (Å²) in [6, 6.07) is 10.0. The molecule has 0 saturated heterocycles. The number of fused-ring (bicyclic) bond motifs is 1. The standard InChI is InChI=1S/C26H22Cl2N4O3/c1-13(29)23(15(3)33)17-8-18-19(24-20(27)9-16(26(34)35)10-21(24)28)12-32(25(18)31-11-17)14(2)22-6-4-5-7-30-22/h4-12,14H,29H2,1-3H3,(H,34,35)/t14-/m0/s1. The molecule has 0 bridgehead atoms. The van der Waals surface area contributed by atoms with Gasteiger partial charge >= 0.3 is 5.97 Å². The van der Waals surface area contributed by atoms with Gasteiger partial charge in [-0.1, -0.05) is 29.3 Å². The zero-order valence-electron chi connectivity index (χ0n) is 19.2. The number of aromatic nitrogens is 3. The normalized spacial score (nSPS) is 12.9. The fourth-order valence-electron chi connectivity index (χ4n) is 4.19. The van der Waals surface area contributed by atoms with Crippen LogP contribution in [0.5, 0.6) is 0 Å². The van der Waals surface area contributed by atoms with Crippen LogP contribution in [0.25, 0.3) is 27.7 Å². The smallest absolute Gasteiger partial charge is 0.335 e. The second kappa shape index (κ2) is 9.52. The molecule has 3 N–H and O–H groups in total. The molecular weight excluding hydrogens is 487 g/mol. The van der Waals surface area contributed by atoms with Gasteiger partial charge in [-0.15, -0.1) is 0 Å². The lowest BCUT2D eigenvalue weighted by atomic mass is 9.99. The summed E-state index contributed by atoms with van der Waals surface area (Å²) in [5.41, 5.74) is 9.84. The number of hydrogen-bond donors (Lipinski definition) is 2. The number of nitrogens with zero attached hydrogens (tertiary/aromatic N) is 3. The van der Waals surface area contributed by atoms with E-state index in [4.69, 9.17) is 28.9 Å². The van der Waals surface area contributed by atoms with Crippen molar-refractivity contribution in [3.05, 3.63) is 87.6 Å². The number of benzene rings is 1. The Balaban J connectivity index is 2.04. The molecule has 4 aromatic rings.